The van der Waals surface area contributed by atoms with E-state index in [0.29, 0.717) is 5.56 Å². The van der Waals surface area contributed by atoms with E-state index in [9.17, 15) is 22.9 Å². The lowest BCUT2D eigenvalue weighted by Gasteiger charge is -2.20. The fourth-order valence-electron chi connectivity index (χ4n) is 2.40. The van der Waals surface area contributed by atoms with Gasteiger partial charge < -0.3 is 0 Å². The molecule has 0 heterocycles. The largest absolute Gasteiger partial charge is 0.277 e. The van der Waals surface area contributed by atoms with Gasteiger partial charge in [0, 0.05) is 25.2 Å². The summed E-state index contributed by atoms with van der Waals surface area (Å²) in [6.45, 7) is 3.78. The van der Waals surface area contributed by atoms with Gasteiger partial charge in [-0.05, 0) is 23.8 Å². The smallest absolute Gasteiger partial charge is 0.270 e. The second-order valence-corrected chi connectivity index (χ2v) is 7.36. The number of anilines is 1. The van der Waals surface area contributed by atoms with Crippen molar-refractivity contribution < 1.29 is 17.7 Å². The third-order valence-corrected chi connectivity index (χ3v) is 5.84. The molecule has 0 spiro atoms. The van der Waals surface area contributed by atoms with Gasteiger partial charge in [0.2, 0.25) is 10.0 Å². The predicted molar refractivity (Wildman–Crippen MR) is 101 cm³/mol. The first-order valence-corrected chi connectivity index (χ1v) is 9.56. The molecule has 0 fully saturated rings. The zero-order valence-corrected chi connectivity index (χ0v) is 15.6. The van der Waals surface area contributed by atoms with E-state index >= 15 is 0 Å². The molecule has 0 saturated heterocycles. The van der Waals surface area contributed by atoms with Crippen LogP contribution in [0.3, 0.4) is 0 Å². The minimum atomic E-state index is -3.96. The Morgan fingerprint density at radius 2 is 1.93 bits per heavy atom. The number of nitro groups is 1. The number of nitro benzene ring substituents is 1. The predicted octanol–water partition coefficient (Wildman–Crippen LogP) is 3.21. The van der Waals surface area contributed by atoms with Crippen molar-refractivity contribution in [2.75, 3.05) is 18.5 Å². The first kappa shape index (κ1) is 20.5. The van der Waals surface area contributed by atoms with Crippen LogP contribution in [0.1, 0.15) is 19.4 Å². The molecule has 1 N–H and O–H groups in total. The molecule has 2 rings (SSSR count). The molecule has 0 aromatic heterocycles. The Bertz CT molecular complexity index is 959. The average Bonchev–Trinajstić information content (AvgIpc) is 2.62. The number of sulfonamides is 1. The number of nitrogens with zero attached hydrogens (tertiary/aromatic N) is 3. The molecule has 0 atom stereocenters. The van der Waals surface area contributed by atoms with E-state index in [1.54, 1.807) is 19.9 Å². The second-order valence-electron chi connectivity index (χ2n) is 5.45. The molecule has 27 heavy (non-hydrogen) atoms. The van der Waals surface area contributed by atoms with E-state index < -0.39 is 20.8 Å². The molecule has 0 amide bonds. The number of rotatable bonds is 8. The van der Waals surface area contributed by atoms with Gasteiger partial charge in [-0.15, -0.1) is 0 Å². The van der Waals surface area contributed by atoms with Crippen LogP contribution in [0.25, 0.3) is 0 Å². The normalized spacial score (nSPS) is 11.9. The van der Waals surface area contributed by atoms with E-state index in [2.05, 4.69) is 10.5 Å². The summed E-state index contributed by atoms with van der Waals surface area (Å²) in [6, 6.07) is 9.13. The Morgan fingerprint density at radius 3 is 2.52 bits per heavy atom. The quantitative estimate of drug-likeness (QED) is 0.420. The lowest BCUT2D eigenvalue weighted by Crippen LogP contribution is -2.31. The number of benzene rings is 2. The van der Waals surface area contributed by atoms with Crippen molar-refractivity contribution in [2.45, 2.75) is 18.7 Å². The van der Waals surface area contributed by atoms with Gasteiger partial charge in [0.25, 0.3) is 5.69 Å². The maximum atomic E-state index is 13.2. The summed E-state index contributed by atoms with van der Waals surface area (Å²) in [5.74, 6) is -0.431. The highest BCUT2D eigenvalue weighted by Gasteiger charge is 2.27. The summed E-state index contributed by atoms with van der Waals surface area (Å²) in [5, 5.41) is 15.0. The molecular weight excluding hydrogens is 375 g/mol. The van der Waals surface area contributed by atoms with Crippen molar-refractivity contribution >= 4 is 27.6 Å². The molecule has 8 nitrogen and oxygen atoms in total. The molecule has 0 saturated carbocycles. The summed E-state index contributed by atoms with van der Waals surface area (Å²) < 4.78 is 40.0. The highest BCUT2D eigenvalue weighted by atomic mass is 32.2. The van der Waals surface area contributed by atoms with Crippen LogP contribution >= 0.6 is 0 Å². The van der Waals surface area contributed by atoms with Gasteiger partial charge in [0.15, 0.2) is 0 Å². The molecule has 2 aromatic rings. The standard InChI is InChI=1S/C17H19FN4O4S/c1-3-21(4-2)27(25,26)17-11-15(22(23)24)8-9-16(17)20-19-12-13-6-5-7-14(18)10-13/h5-12,20H,3-4H2,1-2H3/b19-12-. The van der Waals surface area contributed by atoms with E-state index in [0.717, 1.165) is 6.07 Å². The highest BCUT2D eigenvalue weighted by molar-refractivity contribution is 7.89. The molecule has 2 aromatic carbocycles. The van der Waals surface area contributed by atoms with Gasteiger partial charge in [0.05, 0.1) is 16.8 Å². The number of halogens is 1. The lowest BCUT2D eigenvalue weighted by atomic mass is 10.2. The lowest BCUT2D eigenvalue weighted by molar-refractivity contribution is -0.385. The van der Waals surface area contributed by atoms with Gasteiger partial charge in [-0.25, -0.2) is 12.8 Å². The number of non-ortho nitro benzene ring substituents is 1. The first-order chi connectivity index (χ1) is 12.8. The third-order valence-electron chi connectivity index (χ3n) is 3.75. The van der Waals surface area contributed by atoms with E-state index in [-0.39, 0.29) is 29.4 Å². The van der Waals surface area contributed by atoms with Crippen LogP contribution in [0.15, 0.2) is 52.5 Å². The number of hydrazone groups is 1. The number of hydrogen-bond donors (Lipinski definition) is 1. The second kappa shape index (κ2) is 8.69. The van der Waals surface area contributed by atoms with Crippen molar-refractivity contribution in [1.29, 1.82) is 0 Å². The molecule has 0 aliphatic heterocycles. The van der Waals surface area contributed by atoms with Crippen LogP contribution in [-0.2, 0) is 10.0 Å². The fraction of sp³-hybridized carbons (Fsp3) is 0.235. The highest BCUT2D eigenvalue weighted by Crippen LogP contribution is 2.29. The van der Waals surface area contributed by atoms with Crippen molar-refractivity contribution in [1.82, 2.24) is 4.31 Å². The summed E-state index contributed by atoms with van der Waals surface area (Å²) in [4.78, 5) is 10.1. The van der Waals surface area contributed by atoms with Crippen molar-refractivity contribution in [3.63, 3.8) is 0 Å². The summed E-state index contributed by atoms with van der Waals surface area (Å²) >= 11 is 0. The molecular formula is C17H19FN4O4S. The van der Waals surface area contributed by atoms with Crippen LogP contribution in [0.2, 0.25) is 0 Å². The SMILES string of the molecule is CCN(CC)S(=O)(=O)c1cc([N+](=O)[O-])ccc1N/N=C\c1cccc(F)c1. The number of hydrogen-bond acceptors (Lipinski definition) is 6. The van der Waals surface area contributed by atoms with Gasteiger partial charge >= 0.3 is 0 Å². The van der Waals surface area contributed by atoms with E-state index in [1.165, 1.54) is 40.9 Å². The maximum absolute atomic E-state index is 13.2. The van der Waals surface area contributed by atoms with Crippen LogP contribution in [0, 0.1) is 15.9 Å². The third kappa shape index (κ3) is 4.86. The van der Waals surface area contributed by atoms with Crippen molar-refractivity contribution in [3.05, 3.63) is 64.0 Å². The molecule has 10 heteroatoms. The Balaban J connectivity index is 2.42. The average molecular weight is 394 g/mol. The first-order valence-electron chi connectivity index (χ1n) is 8.12. The van der Waals surface area contributed by atoms with E-state index in [1.807, 2.05) is 0 Å². The minimum absolute atomic E-state index is 0.0835. The topological polar surface area (TPSA) is 105 Å². The zero-order chi connectivity index (χ0) is 20.0. The van der Waals surface area contributed by atoms with Gasteiger partial charge in [-0.1, -0.05) is 26.0 Å². The van der Waals surface area contributed by atoms with Crippen LogP contribution in [0.4, 0.5) is 15.8 Å². The molecule has 0 radical (unpaired) electrons. The monoisotopic (exact) mass is 394 g/mol. The molecule has 0 unspecified atom stereocenters. The van der Waals surface area contributed by atoms with Gasteiger partial charge in [-0.2, -0.15) is 9.41 Å². The maximum Gasteiger partial charge on any atom is 0.270 e. The molecule has 0 aliphatic rings. The van der Waals surface area contributed by atoms with Crippen LogP contribution in [-0.4, -0.2) is 37.0 Å². The number of nitrogens with one attached hydrogen (secondary N) is 1. The Kier molecular flexibility index (Phi) is 6.59. The minimum Gasteiger partial charge on any atom is -0.277 e. The van der Waals surface area contributed by atoms with Crippen LogP contribution < -0.4 is 5.43 Å². The van der Waals surface area contributed by atoms with Gasteiger partial charge in [0.1, 0.15) is 10.7 Å². The van der Waals surface area contributed by atoms with Crippen molar-refractivity contribution in [3.8, 4) is 0 Å². The van der Waals surface area contributed by atoms with E-state index in [4.69, 9.17) is 0 Å². The molecule has 144 valence electrons. The molecule has 0 bridgehead atoms. The summed E-state index contributed by atoms with van der Waals surface area (Å²) in [6.07, 6.45) is 1.32. The van der Waals surface area contributed by atoms with Crippen molar-refractivity contribution in [2.24, 2.45) is 5.10 Å². The summed E-state index contributed by atoms with van der Waals surface area (Å²) in [7, 11) is -3.96. The molecule has 0 aliphatic carbocycles. The summed E-state index contributed by atoms with van der Waals surface area (Å²) in [5.41, 5.74) is 2.78. The Morgan fingerprint density at radius 1 is 1.22 bits per heavy atom. The van der Waals surface area contributed by atoms with Gasteiger partial charge in [-0.3, -0.25) is 15.5 Å². The Labute approximate surface area is 156 Å². The fourth-order valence-corrected chi connectivity index (χ4v) is 4.02. The van der Waals surface area contributed by atoms with Crippen LogP contribution in [0.5, 0.6) is 0 Å². The Hall–Kier alpha value is -2.85. The zero-order valence-electron chi connectivity index (χ0n) is 14.8.